The number of sulfonamides is 2. The summed E-state index contributed by atoms with van der Waals surface area (Å²) in [6.45, 7) is -0.00227. The smallest absolute Gasteiger partial charge is 0.338 e. The SMILES string of the molecule is CN(C)S(=O)(=O)c1ccc(C(=O)OCc2ccc(COC(=O)c3ccc(S(=O)(=O)N(C)C)cc3)cc2)cc1. The highest BCUT2D eigenvalue weighted by Gasteiger charge is 2.19. The van der Waals surface area contributed by atoms with E-state index in [1.54, 1.807) is 24.3 Å². The Kier molecular flexibility index (Phi) is 9.05. The molecule has 202 valence electrons. The number of hydrogen-bond donors (Lipinski definition) is 0. The summed E-state index contributed by atoms with van der Waals surface area (Å²) in [5.41, 5.74) is 1.85. The van der Waals surface area contributed by atoms with Gasteiger partial charge in [0.05, 0.1) is 20.9 Å². The van der Waals surface area contributed by atoms with Crippen molar-refractivity contribution in [2.45, 2.75) is 23.0 Å². The summed E-state index contributed by atoms with van der Waals surface area (Å²) in [5, 5.41) is 0. The predicted molar refractivity (Wildman–Crippen MR) is 139 cm³/mol. The zero-order valence-corrected chi connectivity index (χ0v) is 23.0. The summed E-state index contributed by atoms with van der Waals surface area (Å²) in [4.78, 5) is 24.8. The normalized spacial score (nSPS) is 11.9. The maximum absolute atomic E-state index is 12.3. The summed E-state index contributed by atoms with van der Waals surface area (Å²) < 4.78 is 61.3. The van der Waals surface area contributed by atoms with Gasteiger partial charge in [0.15, 0.2) is 0 Å². The molecule has 3 rings (SSSR count). The van der Waals surface area contributed by atoms with E-state index in [2.05, 4.69) is 0 Å². The van der Waals surface area contributed by atoms with E-state index < -0.39 is 32.0 Å². The molecule has 0 aromatic heterocycles. The van der Waals surface area contributed by atoms with E-state index in [0.717, 1.165) is 8.61 Å². The molecule has 0 saturated heterocycles. The Labute approximate surface area is 222 Å². The second kappa shape index (κ2) is 11.9. The van der Waals surface area contributed by atoms with Crippen molar-refractivity contribution in [2.24, 2.45) is 0 Å². The van der Waals surface area contributed by atoms with E-state index in [1.165, 1.54) is 76.7 Å². The number of nitrogens with zero attached hydrogens (tertiary/aromatic N) is 2. The Morgan fingerprint density at radius 1 is 0.553 bits per heavy atom. The summed E-state index contributed by atoms with van der Waals surface area (Å²) >= 11 is 0. The molecule has 0 spiro atoms. The van der Waals surface area contributed by atoms with Gasteiger partial charge in [0, 0.05) is 28.2 Å². The first-order valence-corrected chi connectivity index (χ1v) is 14.2. The average molecular weight is 561 g/mol. The van der Waals surface area contributed by atoms with E-state index in [0.29, 0.717) is 11.1 Å². The van der Waals surface area contributed by atoms with Gasteiger partial charge in [-0.3, -0.25) is 0 Å². The number of esters is 2. The molecule has 0 aliphatic rings. The molecule has 0 saturated carbocycles. The van der Waals surface area contributed by atoms with Crippen LogP contribution >= 0.6 is 0 Å². The molecule has 3 aromatic rings. The number of carbonyl (C=O) groups excluding carboxylic acids is 2. The lowest BCUT2D eigenvalue weighted by atomic mass is 10.1. The molecule has 0 heterocycles. The van der Waals surface area contributed by atoms with Crippen LogP contribution in [0.15, 0.2) is 82.6 Å². The Morgan fingerprint density at radius 2 is 0.842 bits per heavy atom. The molecular weight excluding hydrogens is 532 g/mol. The van der Waals surface area contributed by atoms with Crippen LogP contribution in [0.2, 0.25) is 0 Å². The third-order valence-electron chi connectivity index (χ3n) is 5.50. The lowest BCUT2D eigenvalue weighted by Gasteiger charge is -2.12. The molecule has 0 aliphatic carbocycles. The minimum absolute atomic E-state index is 0.00114. The van der Waals surface area contributed by atoms with Gasteiger partial charge in [0.25, 0.3) is 0 Å². The van der Waals surface area contributed by atoms with Gasteiger partial charge in [-0.1, -0.05) is 24.3 Å². The van der Waals surface area contributed by atoms with Gasteiger partial charge in [-0.05, 0) is 59.7 Å². The Morgan fingerprint density at radius 3 is 1.11 bits per heavy atom. The number of rotatable bonds is 10. The molecule has 38 heavy (non-hydrogen) atoms. The number of hydrogen-bond acceptors (Lipinski definition) is 8. The first-order valence-electron chi connectivity index (χ1n) is 11.3. The monoisotopic (exact) mass is 560 g/mol. The average Bonchev–Trinajstić information content (AvgIpc) is 2.90. The van der Waals surface area contributed by atoms with Crippen LogP contribution in [0.1, 0.15) is 31.8 Å². The van der Waals surface area contributed by atoms with Crippen LogP contribution in [0.25, 0.3) is 0 Å². The van der Waals surface area contributed by atoms with E-state index in [4.69, 9.17) is 9.47 Å². The lowest BCUT2D eigenvalue weighted by Crippen LogP contribution is -2.22. The van der Waals surface area contributed by atoms with E-state index in [9.17, 15) is 26.4 Å². The van der Waals surface area contributed by atoms with Crippen LogP contribution in [0.5, 0.6) is 0 Å². The summed E-state index contributed by atoms with van der Waals surface area (Å²) in [5.74, 6) is -1.19. The van der Waals surface area contributed by atoms with Crippen LogP contribution in [-0.2, 0) is 42.7 Å². The molecule has 0 fully saturated rings. The maximum Gasteiger partial charge on any atom is 0.338 e. The zero-order valence-electron chi connectivity index (χ0n) is 21.3. The van der Waals surface area contributed by atoms with Crippen molar-refractivity contribution < 1.29 is 35.9 Å². The fourth-order valence-corrected chi connectivity index (χ4v) is 4.95. The zero-order chi connectivity index (χ0) is 28.1. The summed E-state index contributed by atoms with van der Waals surface area (Å²) in [6.07, 6.45) is 0. The fourth-order valence-electron chi connectivity index (χ4n) is 3.14. The Bertz CT molecular complexity index is 1380. The molecule has 0 unspecified atom stereocenters. The third-order valence-corrected chi connectivity index (χ3v) is 9.16. The highest BCUT2D eigenvalue weighted by Crippen LogP contribution is 2.17. The highest BCUT2D eigenvalue weighted by molar-refractivity contribution is 7.89. The first-order chi connectivity index (χ1) is 17.8. The second-order valence-electron chi connectivity index (χ2n) is 8.59. The molecule has 0 bridgehead atoms. The quantitative estimate of drug-likeness (QED) is 0.347. The molecule has 0 aliphatic heterocycles. The van der Waals surface area contributed by atoms with Gasteiger partial charge in [-0.25, -0.2) is 35.0 Å². The van der Waals surface area contributed by atoms with Crippen molar-refractivity contribution in [3.05, 3.63) is 95.1 Å². The van der Waals surface area contributed by atoms with Gasteiger partial charge in [0.1, 0.15) is 13.2 Å². The molecule has 0 atom stereocenters. The molecule has 0 amide bonds. The van der Waals surface area contributed by atoms with Gasteiger partial charge < -0.3 is 9.47 Å². The van der Waals surface area contributed by atoms with Crippen LogP contribution < -0.4 is 0 Å². The maximum atomic E-state index is 12.3. The minimum Gasteiger partial charge on any atom is -0.457 e. The molecule has 3 aromatic carbocycles. The molecule has 0 radical (unpaired) electrons. The summed E-state index contributed by atoms with van der Waals surface area (Å²) in [6, 6.07) is 17.9. The van der Waals surface area contributed by atoms with Crippen LogP contribution in [0, 0.1) is 0 Å². The van der Waals surface area contributed by atoms with Crippen molar-refractivity contribution in [2.75, 3.05) is 28.2 Å². The Hall–Kier alpha value is -3.58. The third kappa shape index (κ3) is 6.84. The number of ether oxygens (including phenoxy) is 2. The molecular formula is C26H28N2O8S2. The van der Waals surface area contributed by atoms with Gasteiger partial charge >= 0.3 is 11.9 Å². The van der Waals surface area contributed by atoms with Gasteiger partial charge in [-0.15, -0.1) is 0 Å². The van der Waals surface area contributed by atoms with E-state index in [-0.39, 0.29) is 34.1 Å². The molecule has 0 N–H and O–H groups in total. The van der Waals surface area contributed by atoms with Crippen LogP contribution in [0.3, 0.4) is 0 Å². The largest absolute Gasteiger partial charge is 0.457 e. The van der Waals surface area contributed by atoms with E-state index >= 15 is 0 Å². The minimum atomic E-state index is -3.59. The number of carbonyl (C=O) groups is 2. The standard InChI is InChI=1S/C26H28N2O8S2/c1-27(2)37(31,32)23-13-9-21(10-14-23)25(29)35-17-19-5-7-20(8-6-19)18-36-26(30)22-11-15-24(16-12-22)38(33,34)28(3)4/h5-16H,17-18H2,1-4H3. The van der Waals surface area contributed by atoms with Crippen molar-refractivity contribution in [3.8, 4) is 0 Å². The van der Waals surface area contributed by atoms with Crippen molar-refractivity contribution in [3.63, 3.8) is 0 Å². The van der Waals surface area contributed by atoms with Crippen molar-refractivity contribution >= 4 is 32.0 Å². The lowest BCUT2D eigenvalue weighted by molar-refractivity contribution is 0.0460. The van der Waals surface area contributed by atoms with Crippen LogP contribution in [0.4, 0.5) is 0 Å². The molecule has 12 heteroatoms. The van der Waals surface area contributed by atoms with Gasteiger partial charge in [-0.2, -0.15) is 0 Å². The summed E-state index contributed by atoms with van der Waals surface area (Å²) in [7, 11) is -1.48. The van der Waals surface area contributed by atoms with Crippen LogP contribution in [-0.4, -0.2) is 65.6 Å². The Balaban J connectivity index is 1.52. The fraction of sp³-hybridized carbons (Fsp3) is 0.231. The van der Waals surface area contributed by atoms with Crippen molar-refractivity contribution in [1.29, 1.82) is 0 Å². The second-order valence-corrected chi connectivity index (χ2v) is 12.9. The first kappa shape index (κ1) is 29.0. The molecule has 10 nitrogen and oxygen atoms in total. The highest BCUT2D eigenvalue weighted by atomic mass is 32.2. The van der Waals surface area contributed by atoms with E-state index in [1.807, 2.05) is 0 Å². The predicted octanol–water partition coefficient (Wildman–Crippen LogP) is 2.90. The number of benzene rings is 3. The topological polar surface area (TPSA) is 127 Å². The van der Waals surface area contributed by atoms with Gasteiger partial charge in [0.2, 0.25) is 20.0 Å². The van der Waals surface area contributed by atoms with Crippen molar-refractivity contribution in [1.82, 2.24) is 8.61 Å².